The molecule has 20 heavy (non-hydrogen) atoms. The Hall–Kier alpha value is -1.40. The maximum atomic E-state index is 12.0. The smallest absolute Gasteiger partial charge is 0.250 e. The third-order valence-electron chi connectivity index (χ3n) is 2.66. The monoisotopic (exact) mass is 398 g/mol. The molecular weight excluding hydrogens is 388 g/mol. The third-order valence-corrected chi connectivity index (χ3v) is 3.91. The minimum atomic E-state index is -0.261. The minimum Gasteiger partial charge on any atom is -0.323 e. The molecule has 6 heteroatoms. The van der Waals surface area contributed by atoms with Crippen LogP contribution < -0.4 is 10.9 Å². The third kappa shape index (κ3) is 3.58. The van der Waals surface area contributed by atoms with Crippen LogP contribution in [0.1, 0.15) is 5.56 Å². The molecule has 0 unspecified atom stereocenters. The normalized spacial score (nSPS) is 10.3. The van der Waals surface area contributed by atoms with Crippen molar-refractivity contribution in [1.82, 2.24) is 4.57 Å². The van der Waals surface area contributed by atoms with E-state index >= 15 is 0 Å². The van der Waals surface area contributed by atoms with E-state index in [-0.39, 0.29) is 18.0 Å². The minimum absolute atomic E-state index is 0.0214. The van der Waals surface area contributed by atoms with E-state index in [0.717, 1.165) is 14.5 Å². The van der Waals surface area contributed by atoms with Gasteiger partial charge in [-0.05, 0) is 62.5 Å². The lowest BCUT2D eigenvalue weighted by molar-refractivity contribution is -0.116. The van der Waals surface area contributed by atoms with Crippen molar-refractivity contribution < 1.29 is 4.79 Å². The van der Waals surface area contributed by atoms with Crippen LogP contribution in [0.2, 0.25) is 0 Å². The van der Waals surface area contributed by atoms with E-state index in [1.807, 2.05) is 19.1 Å². The SMILES string of the molecule is Cc1cc(Br)c(NC(=O)Cn2ccccc2=O)c(Br)c1. The molecule has 0 saturated carbocycles. The van der Waals surface area contributed by atoms with Crippen molar-refractivity contribution in [2.24, 2.45) is 0 Å². The van der Waals surface area contributed by atoms with Crippen LogP contribution in [-0.2, 0) is 11.3 Å². The van der Waals surface area contributed by atoms with Crippen LogP contribution in [0, 0.1) is 6.92 Å². The fourth-order valence-corrected chi connectivity index (χ4v) is 3.36. The Morgan fingerprint density at radius 3 is 2.50 bits per heavy atom. The molecule has 1 N–H and O–H groups in total. The fraction of sp³-hybridized carbons (Fsp3) is 0.143. The average Bonchev–Trinajstić information content (AvgIpc) is 2.36. The van der Waals surface area contributed by atoms with Gasteiger partial charge in [-0.2, -0.15) is 0 Å². The molecule has 0 aliphatic rings. The molecule has 1 aromatic heterocycles. The number of hydrogen-bond acceptors (Lipinski definition) is 2. The molecule has 1 aromatic carbocycles. The van der Waals surface area contributed by atoms with E-state index in [9.17, 15) is 9.59 Å². The first-order chi connectivity index (χ1) is 9.47. The van der Waals surface area contributed by atoms with E-state index in [0.29, 0.717) is 5.69 Å². The fourth-order valence-electron chi connectivity index (χ4n) is 1.74. The summed E-state index contributed by atoms with van der Waals surface area (Å²) in [6.07, 6.45) is 1.58. The molecule has 104 valence electrons. The Morgan fingerprint density at radius 1 is 1.25 bits per heavy atom. The summed E-state index contributed by atoms with van der Waals surface area (Å²) in [6, 6.07) is 8.60. The van der Waals surface area contributed by atoms with Gasteiger partial charge < -0.3 is 9.88 Å². The Balaban J connectivity index is 2.17. The Kier molecular flexibility index (Phi) is 4.77. The first kappa shape index (κ1) is 15.0. The van der Waals surface area contributed by atoms with Crippen LogP contribution in [0.3, 0.4) is 0 Å². The number of halogens is 2. The van der Waals surface area contributed by atoms with Crippen molar-refractivity contribution in [3.63, 3.8) is 0 Å². The van der Waals surface area contributed by atoms with Crippen molar-refractivity contribution >= 4 is 43.5 Å². The summed E-state index contributed by atoms with van der Waals surface area (Å²) >= 11 is 6.83. The Bertz CT molecular complexity index is 687. The highest BCUT2D eigenvalue weighted by molar-refractivity contribution is 9.11. The first-order valence-corrected chi connectivity index (χ1v) is 7.47. The molecule has 0 aliphatic heterocycles. The number of nitrogens with zero attached hydrogens (tertiary/aromatic N) is 1. The molecule has 2 aromatic rings. The van der Waals surface area contributed by atoms with Gasteiger partial charge in [-0.15, -0.1) is 0 Å². The maximum absolute atomic E-state index is 12.0. The molecule has 1 amide bonds. The topological polar surface area (TPSA) is 51.1 Å². The zero-order valence-electron chi connectivity index (χ0n) is 10.7. The van der Waals surface area contributed by atoms with Gasteiger partial charge in [-0.25, -0.2) is 0 Å². The molecule has 0 atom stereocenters. The number of carbonyl (C=O) groups is 1. The van der Waals surface area contributed by atoms with Crippen molar-refractivity contribution in [2.75, 3.05) is 5.32 Å². The highest BCUT2D eigenvalue weighted by Crippen LogP contribution is 2.32. The van der Waals surface area contributed by atoms with Gasteiger partial charge in [-0.3, -0.25) is 9.59 Å². The van der Waals surface area contributed by atoms with Crippen LogP contribution in [-0.4, -0.2) is 10.5 Å². The van der Waals surface area contributed by atoms with E-state index < -0.39 is 0 Å². The summed E-state index contributed by atoms with van der Waals surface area (Å²) in [5, 5.41) is 2.79. The molecule has 0 bridgehead atoms. The first-order valence-electron chi connectivity index (χ1n) is 5.88. The lowest BCUT2D eigenvalue weighted by Gasteiger charge is -2.11. The van der Waals surface area contributed by atoms with Crippen LogP contribution in [0.5, 0.6) is 0 Å². The second kappa shape index (κ2) is 6.37. The standard InChI is InChI=1S/C14H12Br2N2O2/c1-9-6-10(15)14(11(16)7-9)17-12(19)8-18-5-3-2-4-13(18)20/h2-7H,8H2,1H3,(H,17,19). The molecule has 2 rings (SSSR count). The number of amides is 1. The Labute approximate surface area is 133 Å². The van der Waals surface area contributed by atoms with Crippen LogP contribution in [0.4, 0.5) is 5.69 Å². The molecule has 0 saturated heterocycles. The van der Waals surface area contributed by atoms with Crippen LogP contribution >= 0.6 is 31.9 Å². The van der Waals surface area contributed by atoms with Gasteiger partial charge in [0.05, 0.1) is 5.69 Å². The van der Waals surface area contributed by atoms with Gasteiger partial charge in [0.15, 0.2) is 0 Å². The molecule has 0 fully saturated rings. The van der Waals surface area contributed by atoms with E-state index in [1.165, 1.54) is 10.6 Å². The van der Waals surface area contributed by atoms with Gasteiger partial charge in [-0.1, -0.05) is 6.07 Å². The largest absolute Gasteiger partial charge is 0.323 e. The number of nitrogens with one attached hydrogen (secondary N) is 1. The number of benzene rings is 1. The molecule has 4 nitrogen and oxygen atoms in total. The number of anilines is 1. The van der Waals surface area contributed by atoms with Crippen LogP contribution in [0.15, 0.2) is 50.3 Å². The number of pyridine rings is 1. The highest BCUT2D eigenvalue weighted by atomic mass is 79.9. The van der Waals surface area contributed by atoms with Crippen LogP contribution in [0.25, 0.3) is 0 Å². The predicted molar refractivity (Wildman–Crippen MR) is 85.9 cm³/mol. The second-order valence-electron chi connectivity index (χ2n) is 4.32. The van der Waals surface area contributed by atoms with E-state index in [4.69, 9.17) is 0 Å². The summed E-state index contributed by atoms with van der Waals surface area (Å²) in [6.45, 7) is 1.94. The van der Waals surface area contributed by atoms with E-state index in [1.54, 1.807) is 18.3 Å². The predicted octanol–water partition coefficient (Wildman–Crippen LogP) is 3.32. The average molecular weight is 400 g/mol. The van der Waals surface area contributed by atoms with Crippen molar-refractivity contribution in [2.45, 2.75) is 13.5 Å². The van der Waals surface area contributed by atoms with Gasteiger partial charge in [0.2, 0.25) is 5.91 Å². The summed E-state index contributed by atoms with van der Waals surface area (Å²) in [4.78, 5) is 23.6. The molecule has 0 spiro atoms. The summed E-state index contributed by atoms with van der Waals surface area (Å²) in [5.41, 5.74) is 1.52. The zero-order valence-corrected chi connectivity index (χ0v) is 13.9. The molecule has 0 aliphatic carbocycles. The lowest BCUT2D eigenvalue weighted by Crippen LogP contribution is -2.26. The highest BCUT2D eigenvalue weighted by Gasteiger charge is 2.10. The summed E-state index contributed by atoms with van der Waals surface area (Å²) in [7, 11) is 0. The molecular formula is C14H12Br2N2O2. The number of aryl methyl sites for hydroxylation is 1. The maximum Gasteiger partial charge on any atom is 0.250 e. The number of rotatable bonds is 3. The summed E-state index contributed by atoms with van der Waals surface area (Å²) in [5.74, 6) is -0.261. The lowest BCUT2D eigenvalue weighted by atomic mass is 10.2. The van der Waals surface area contributed by atoms with Gasteiger partial charge in [0, 0.05) is 21.2 Å². The Morgan fingerprint density at radius 2 is 1.90 bits per heavy atom. The summed E-state index contributed by atoms with van der Waals surface area (Å²) < 4.78 is 2.93. The molecule has 0 radical (unpaired) electrons. The van der Waals surface area contributed by atoms with Crippen molar-refractivity contribution in [3.8, 4) is 0 Å². The zero-order chi connectivity index (χ0) is 14.7. The van der Waals surface area contributed by atoms with Crippen molar-refractivity contribution in [1.29, 1.82) is 0 Å². The van der Waals surface area contributed by atoms with Gasteiger partial charge in [0.1, 0.15) is 6.54 Å². The number of hydrogen-bond donors (Lipinski definition) is 1. The quantitative estimate of drug-likeness (QED) is 0.860. The number of carbonyl (C=O) groups excluding carboxylic acids is 1. The second-order valence-corrected chi connectivity index (χ2v) is 6.03. The number of aromatic nitrogens is 1. The molecule has 1 heterocycles. The van der Waals surface area contributed by atoms with Gasteiger partial charge in [0.25, 0.3) is 5.56 Å². The van der Waals surface area contributed by atoms with Crippen molar-refractivity contribution in [3.05, 3.63) is 61.4 Å². The van der Waals surface area contributed by atoms with Gasteiger partial charge >= 0.3 is 0 Å². The van der Waals surface area contributed by atoms with E-state index in [2.05, 4.69) is 37.2 Å².